The second-order valence-electron chi connectivity index (χ2n) is 4.82. The van der Waals surface area contributed by atoms with Gasteiger partial charge in [-0.1, -0.05) is 66.7 Å². The van der Waals surface area contributed by atoms with Crippen LogP contribution >= 0.6 is 0 Å². The normalized spacial score (nSPS) is 10.0. The van der Waals surface area contributed by atoms with Gasteiger partial charge in [0.2, 0.25) is 0 Å². The van der Waals surface area contributed by atoms with Crippen molar-refractivity contribution in [1.82, 2.24) is 0 Å². The molecule has 0 bridgehead atoms. The summed E-state index contributed by atoms with van der Waals surface area (Å²) in [6.07, 6.45) is 0. The molecule has 0 aromatic heterocycles. The van der Waals surface area contributed by atoms with Crippen LogP contribution in [0.15, 0.2) is 72.8 Å². The average Bonchev–Trinajstić information content (AvgIpc) is 2.57. The van der Waals surface area contributed by atoms with Crippen LogP contribution in [0.5, 0.6) is 0 Å². The van der Waals surface area contributed by atoms with Crippen LogP contribution in [-0.4, -0.2) is 11.8 Å². The molecular formula is C19H13NO2. The molecular weight excluding hydrogens is 274 g/mol. The number of amides is 1. The first-order valence-electron chi connectivity index (χ1n) is 6.89. The summed E-state index contributed by atoms with van der Waals surface area (Å²) in [5, 5.41) is 4.75. The predicted octanol–water partition coefficient (Wildman–Crippen LogP) is 3.69. The summed E-state index contributed by atoms with van der Waals surface area (Å²) in [4.78, 5) is 23.6. The van der Waals surface area contributed by atoms with Crippen molar-refractivity contribution in [2.24, 2.45) is 0 Å². The topological polar surface area (TPSA) is 46.2 Å². The Kier molecular flexibility index (Phi) is 3.82. The highest BCUT2D eigenvalue weighted by atomic mass is 16.2. The Bertz CT molecular complexity index is 873. The van der Waals surface area contributed by atoms with Crippen LogP contribution in [0.25, 0.3) is 16.3 Å². The van der Waals surface area contributed by atoms with E-state index in [1.165, 1.54) is 0 Å². The lowest BCUT2D eigenvalue weighted by molar-refractivity contribution is -0.111. The lowest BCUT2D eigenvalue weighted by Gasteiger charge is -2.09. The largest absolute Gasteiger partial charge is 0.321 e. The maximum absolute atomic E-state index is 12.4. The molecule has 0 radical (unpaired) electrons. The second-order valence-corrected chi connectivity index (χ2v) is 4.82. The quantitative estimate of drug-likeness (QED) is 0.590. The zero-order valence-electron chi connectivity index (χ0n) is 11.7. The van der Waals surface area contributed by atoms with Gasteiger partial charge >= 0.3 is 0 Å². The average molecular weight is 287 g/mol. The smallest absolute Gasteiger partial charge is 0.267 e. The summed E-state index contributed by atoms with van der Waals surface area (Å²) in [7, 11) is 0. The third kappa shape index (κ3) is 2.66. The van der Waals surface area contributed by atoms with Gasteiger partial charge in [-0.05, 0) is 17.0 Å². The molecule has 3 aromatic rings. The van der Waals surface area contributed by atoms with Crippen molar-refractivity contribution in [3.05, 3.63) is 78.4 Å². The fourth-order valence-corrected chi connectivity index (χ4v) is 2.36. The lowest BCUT2D eigenvalue weighted by Crippen LogP contribution is -2.14. The number of hydrogen-bond acceptors (Lipinski definition) is 2. The van der Waals surface area contributed by atoms with Gasteiger partial charge in [-0.2, -0.15) is 0 Å². The third-order valence-electron chi connectivity index (χ3n) is 3.43. The van der Waals surface area contributed by atoms with E-state index in [2.05, 4.69) is 5.32 Å². The first-order chi connectivity index (χ1) is 10.8. The molecule has 3 nitrogen and oxygen atoms in total. The summed E-state index contributed by atoms with van der Waals surface area (Å²) in [5.41, 5.74) is 1.22. The first kappa shape index (κ1) is 13.8. The number of carbonyl (C=O) groups excluding carboxylic acids is 2. The van der Waals surface area contributed by atoms with Gasteiger partial charge in [-0.3, -0.25) is 4.79 Å². The Morgan fingerprint density at radius 1 is 0.818 bits per heavy atom. The van der Waals surface area contributed by atoms with E-state index in [0.29, 0.717) is 11.3 Å². The predicted molar refractivity (Wildman–Crippen MR) is 88.1 cm³/mol. The van der Waals surface area contributed by atoms with Crippen LogP contribution in [-0.2, 0) is 9.59 Å². The van der Waals surface area contributed by atoms with Gasteiger partial charge < -0.3 is 5.32 Å². The van der Waals surface area contributed by atoms with Gasteiger partial charge in [0.15, 0.2) is 0 Å². The molecule has 0 saturated carbocycles. The van der Waals surface area contributed by atoms with E-state index in [9.17, 15) is 9.59 Å². The second kappa shape index (κ2) is 6.08. The Morgan fingerprint density at radius 3 is 2.27 bits per heavy atom. The molecule has 0 heterocycles. The van der Waals surface area contributed by atoms with E-state index in [-0.39, 0.29) is 5.57 Å². The number of carbonyl (C=O) groups is 1. The van der Waals surface area contributed by atoms with Crippen LogP contribution in [0.3, 0.4) is 0 Å². The highest BCUT2D eigenvalue weighted by Crippen LogP contribution is 2.24. The van der Waals surface area contributed by atoms with E-state index < -0.39 is 5.91 Å². The number of hydrogen-bond donors (Lipinski definition) is 1. The Labute approximate surface area is 127 Å². The molecule has 0 saturated heterocycles. The maximum Gasteiger partial charge on any atom is 0.267 e. The van der Waals surface area contributed by atoms with Crippen molar-refractivity contribution >= 4 is 33.9 Å². The molecule has 3 heteroatoms. The van der Waals surface area contributed by atoms with Gasteiger partial charge in [0, 0.05) is 11.1 Å². The monoisotopic (exact) mass is 287 g/mol. The Morgan fingerprint density at radius 2 is 1.50 bits per heavy atom. The molecule has 0 aliphatic rings. The molecule has 0 fully saturated rings. The van der Waals surface area contributed by atoms with Crippen molar-refractivity contribution in [2.75, 3.05) is 5.32 Å². The fourth-order valence-electron chi connectivity index (χ4n) is 2.36. The summed E-state index contributed by atoms with van der Waals surface area (Å²) >= 11 is 0. The van der Waals surface area contributed by atoms with Crippen molar-refractivity contribution in [2.45, 2.75) is 0 Å². The van der Waals surface area contributed by atoms with Crippen molar-refractivity contribution in [1.29, 1.82) is 0 Å². The van der Waals surface area contributed by atoms with Crippen LogP contribution < -0.4 is 5.32 Å². The number of rotatable bonds is 3. The number of nitrogens with one attached hydrogen (secondary N) is 1. The fraction of sp³-hybridized carbons (Fsp3) is 0. The van der Waals surface area contributed by atoms with Gasteiger partial charge in [-0.25, -0.2) is 4.79 Å². The van der Waals surface area contributed by atoms with Crippen LogP contribution in [0.4, 0.5) is 5.69 Å². The summed E-state index contributed by atoms with van der Waals surface area (Å²) in [6.45, 7) is 0. The number of benzene rings is 3. The Hall–Kier alpha value is -3.16. The van der Waals surface area contributed by atoms with Crippen LogP contribution in [0.1, 0.15) is 5.56 Å². The van der Waals surface area contributed by atoms with Gasteiger partial charge in [0.05, 0.1) is 0 Å². The molecule has 22 heavy (non-hydrogen) atoms. The van der Waals surface area contributed by atoms with Crippen molar-refractivity contribution in [3.63, 3.8) is 0 Å². The molecule has 0 unspecified atom stereocenters. The van der Waals surface area contributed by atoms with E-state index in [4.69, 9.17) is 0 Å². The Balaban J connectivity index is 1.95. The molecule has 1 N–H and O–H groups in total. The SMILES string of the molecule is O=C=C(C(=O)Nc1cccc2ccccc12)c1ccccc1. The molecule has 0 aliphatic heterocycles. The maximum atomic E-state index is 12.4. The molecule has 106 valence electrons. The minimum absolute atomic E-state index is 0.00599. The zero-order valence-corrected chi connectivity index (χ0v) is 11.7. The molecule has 0 aliphatic carbocycles. The van der Waals surface area contributed by atoms with Crippen LogP contribution in [0.2, 0.25) is 0 Å². The van der Waals surface area contributed by atoms with Crippen LogP contribution in [0, 0.1) is 0 Å². The molecule has 0 spiro atoms. The minimum Gasteiger partial charge on any atom is -0.321 e. The molecule has 3 rings (SSSR count). The van der Waals surface area contributed by atoms with E-state index in [0.717, 1.165) is 10.8 Å². The van der Waals surface area contributed by atoms with Gasteiger partial charge in [0.1, 0.15) is 11.5 Å². The summed E-state index contributed by atoms with van der Waals surface area (Å²) < 4.78 is 0. The standard InChI is InChI=1S/C19H13NO2/c21-13-17(15-7-2-1-3-8-15)19(22)20-18-12-6-10-14-9-4-5-11-16(14)18/h1-12H,(H,20,22). The van der Waals surface area contributed by atoms with Gasteiger partial charge in [-0.15, -0.1) is 0 Å². The molecule has 0 atom stereocenters. The van der Waals surface area contributed by atoms with E-state index in [1.807, 2.05) is 48.5 Å². The van der Waals surface area contributed by atoms with E-state index in [1.54, 1.807) is 30.2 Å². The van der Waals surface area contributed by atoms with E-state index >= 15 is 0 Å². The van der Waals surface area contributed by atoms with Crippen molar-refractivity contribution < 1.29 is 9.59 Å². The number of anilines is 1. The minimum atomic E-state index is -0.461. The third-order valence-corrected chi connectivity index (χ3v) is 3.43. The summed E-state index contributed by atoms with van der Waals surface area (Å²) in [5.74, 6) is 1.28. The highest BCUT2D eigenvalue weighted by Gasteiger charge is 2.14. The molecule has 3 aromatic carbocycles. The highest BCUT2D eigenvalue weighted by molar-refractivity contribution is 6.32. The zero-order chi connectivity index (χ0) is 15.4. The number of fused-ring (bicyclic) bond motifs is 1. The van der Waals surface area contributed by atoms with Gasteiger partial charge in [0.25, 0.3) is 5.91 Å². The lowest BCUT2D eigenvalue weighted by atomic mass is 10.1. The molecule has 1 amide bonds. The van der Waals surface area contributed by atoms with Crippen molar-refractivity contribution in [3.8, 4) is 0 Å². The summed E-state index contributed by atoms with van der Waals surface area (Å²) in [6, 6.07) is 22.2. The first-order valence-corrected chi connectivity index (χ1v) is 6.89.